The third-order valence-corrected chi connectivity index (χ3v) is 4.91. The van der Waals surface area contributed by atoms with Crippen LogP contribution >= 0.6 is 27.3 Å². The lowest BCUT2D eigenvalue weighted by Crippen LogP contribution is -2.47. The fraction of sp³-hybridized carbons (Fsp3) is 0.400. The van der Waals surface area contributed by atoms with Gasteiger partial charge in [0, 0.05) is 48.8 Å². The summed E-state index contributed by atoms with van der Waals surface area (Å²) >= 11 is 5.14. The number of thiazole rings is 1. The van der Waals surface area contributed by atoms with Gasteiger partial charge in [0.25, 0.3) is 0 Å². The molecule has 1 aliphatic rings. The molecule has 0 radical (unpaired) electrons. The summed E-state index contributed by atoms with van der Waals surface area (Å²) in [7, 11) is 0. The Labute approximate surface area is 137 Å². The Bertz CT molecular complexity index is 539. The van der Waals surface area contributed by atoms with Crippen molar-refractivity contribution in [3.8, 4) is 5.75 Å². The SMILES string of the molecule is Brc1ccc(OCCN2CCN(c3nccs3)CC2)cc1. The van der Waals surface area contributed by atoms with Gasteiger partial charge in [-0.15, -0.1) is 11.3 Å². The van der Waals surface area contributed by atoms with Crippen LogP contribution in [-0.4, -0.2) is 49.2 Å². The summed E-state index contributed by atoms with van der Waals surface area (Å²) in [6, 6.07) is 7.99. The molecule has 3 rings (SSSR count). The van der Waals surface area contributed by atoms with Crippen molar-refractivity contribution in [3.63, 3.8) is 0 Å². The van der Waals surface area contributed by atoms with Crippen molar-refractivity contribution < 1.29 is 4.74 Å². The van der Waals surface area contributed by atoms with E-state index in [4.69, 9.17) is 4.74 Å². The number of piperazine rings is 1. The van der Waals surface area contributed by atoms with E-state index in [9.17, 15) is 0 Å². The first-order valence-electron chi connectivity index (χ1n) is 7.06. The van der Waals surface area contributed by atoms with Gasteiger partial charge >= 0.3 is 0 Å². The number of halogens is 1. The van der Waals surface area contributed by atoms with Gasteiger partial charge in [0.2, 0.25) is 0 Å². The molecule has 4 nitrogen and oxygen atoms in total. The van der Waals surface area contributed by atoms with Crippen molar-refractivity contribution in [2.75, 3.05) is 44.2 Å². The van der Waals surface area contributed by atoms with Crippen LogP contribution in [-0.2, 0) is 0 Å². The number of anilines is 1. The van der Waals surface area contributed by atoms with Crippen molar-refractivity contribution in [2.45, 2.75) is 0 Å². The quantitative estimate of drug-likeness (QED) is 0.811. The number of benzene rings is 1. The van der Waals surface area contributed by atoms with E-state index in [0.717, 1.165) is 54.7 Å². The van der Waals surface area contributed by atoms with Crippen molar-refractivity contribution >= 4 is 32.4 Å². The van der Waals surface area contributed by atoms with E-state index in [1.165, 1.54) is 0 Å². The minimum Gasteiger partial charge on any atom is -0.492 e. The van der Waals surface area contributed by atoms with Crippen LogP contribution in [0.1, 0.15) is 0 Å². The van der Waals surface area contributed by atoms with Crippen molar-refractivity contribution in [1.29, 1.82) is 0 Å². The normalized spacial score (nSPS) is 16.1. The maximum atomic E-state index is 5.78. The maximum absolute atomic E-state index is 5.78. The van der Waals surface area contributed by atoms with Crippen molar-refractivity contribution in [2.24, 2.45) is 0 Å². The Kier molecular flexibility index (Phi) is 5.11. The molecule has 2 aromatic rings. The molecule has 0 bridgehead atoms. The largest absolute Gasteiger partial charge is 0.492 e. The monoisotopic (exact) mass is 367 g/mol. The number of ether oxygens (including phenoxy) is 1. The van der Waals surface area contributed by atoms with Gasteiger partial charge in [-0.1, -0.05) is 15.9 Å². The van der Waals surface area contributed by atoms with Crippen LogP contribution in [0.2, 0.25) is 0 Å². The highest BCUT2D eigenvalue weighted by Crippen LogP contribution is 2.19. The van der Waals surface area contributed by atoms with Crippen molar-refractivity contribution in [3.05, 3.63) is 40.3 Å². The first-order chi connectivity index (χ1) is 10.3. The summed E-state index contributed by atoms with van der Waals surface area (Å²) in [4.78, 5) is 9.18. The Morgan fingerprint density at radius 3 is 2.57 bits per heavy atom. The molecule has 1 saturated heterocycles. The maximum Gasteiger partial charge on any atom is 0.185 e. The molecule has 1 aromatic carbocycles. The molecule has 1 fully saturated rings. The fourth-order valence-electron chi connectivity index (χ4n) is 2.36. The predicted octanol–water partition coefficient (Wildman–Crippen LogP) is 3.11. The molecular formula is C15H18BrN3OS. The molecule has 1 aromatic heterocycles. The zero-order valence-corrected chi connectivity index (χ0v) is 14.1. The minimum atomic E-state index is 0.735. The Balaban J connectivity index is 1.38. The van der Waals surface area contributed by atoms with E-state index in [1.807, 2.05) is 35.8 Å². The molecule has 6 heteroatoms. The second kappa shape index (κ2) is 7.24. The van der Waals surface area contributed by atoms with E-state index in [0.29, 0.717) is 0 Å². The lowest BCUT2D eigenvalue weighted by atomic mass is 10.3. The molecule has 0 unspecified atom stereocenters. The standard InChI is InChI=1S/C15H18BrN3OS/c16-13-1-3-14(4-2-13)20-11-10-18-6-8-19(9-7-18)15-17-5-12-21-15/h1-5,12H,6-11H2. The van der Waals surface area contributed by atoms with Crippen LogP contribution in [0, 0.1) is 0 Å². The first kappa shape index (κ1) is 14.8. The highest BCUT2D eigenvalue weighted by atomic mass is 79.9. The number of aromatic nitrogens is 1. The Morgan fingerprint density at radius 2 is 1.90 bits per heavy atom. The zero-order chi connectivity index (χ0) is 14.5. The molecule has 1 aliphatic heterocycles. The number of rotatable bonds is 5. The third kappa shape index (κ3) is 4.18. The van der Waals surface area contributed by atoms with Crippen LogP contribution in [0.5, 0.6) is 5.75 Å². The fourth-order valence-corrected chi connectivity index (χ4v) is 3.32. The van der Waals surface area contributed by atoms with Gasteiger partial charge in [0.05, 0.1) is 0 Å². The van der Waals surface area contributed by atoms with E-state index in [2.05, 4.69) is 30.7 Å². The highest BCUT2D eigenvalue weighted by Gasteiger charge is 2.18. The van der Waals surface area contributed by atoms with Gasteiger partial charge in [-0.25, -0.2) is 4.98 Å². The Morgan fingerprint density at radius 1 is 1.14 bits per heavy atom. The van der Waals surface area contributed by atoms with Crippen LogP contribution < -0.4 is 9.64 Å². The molecule has 0 aliphatic carbocycles. The highest BCUT2D eigenvalue weighted by molar-refractivity contribution is 9.10. The number of hydrogen-bond acceptors (Lipinski definition) is 5. The summed E-state index contributed by atoms with van der Waals surface area (Å²) in [5.41, 5.74) is 0. The number of nitrogens with zero attached hydrogens (tertiary/aromatic N) is 3. The topological polar surface area (TPSA) is 28.6 Å². The van der Waals surface area contributed by atoms with Gasteiger partial charge < -0.3 is 9.64 Å². The van der Waals surface area contributed by atoms with Gasteiger partial charge in [-0.3, -0.25) is 4.90 Å². The molecular weight excluding hydrogens is 350 g/mol. The van der Waals surface area contributed by atoms with Crippen LogP contribution in [0.15, 0.2) is 40.3 Å². The number of hydrogen-bond donors (Lipinski definition) is 0. The second-order valence-electron chi connectivity index (χ2n) is 4.95. The summed E-state index contributed by atoms with van der Waals surface area (Å²) in [6.45, 7) is 5.95. The average Bonchev–Trinajstić information content (AvgIpc) is 3.04. The van der Waals surface area contributed by atoms with E-state index >= 15 is 0 Å². The van der Waals surface area contributed by atoms with Crippen molar-refractivity contribution in [1.82, 2.24) is 9.88 Å². The molecule has 0 N–H and O–H groups in total. The summed E-state index contributed by atoms with van der Waals surface area (Å²) in [5, 5.41) is 3.18. The van der Waals surface area contributed by atoms with Crippen LogP contribution in [0.4, 0.5) is 5.13 Å². The van der Waals surface area contributed by atoms with Gasteiger partial charge in [0.15, 0.2) is 5.13 Å². The summed E-state index contributed by atoms with van der Waals surface area (Å²) in [6.07, 6.45) is 1.87. The molecule has 0 spiro atoms. The molecule has 2 heterocycles. The van der Waals surface area contributed by atoms with E-state index < -0.39 is 0 Å². The third-order valence-electron chi connectivity index (χ3n) is 3.55. The Hall–Kier alpha value is -1.11. The zero-order valence-electron chi connectivity index (χ0n) is 11.7. The van der Waals surface area contributed by atoms with E-state index in [1.54, 1.807) is 11.3 Å². The average molecular weight is 368 g/mol. The minimum absolute atomic E-state index is 0.735. The summed E-state index contributed by atoms with van der Waals surface area (Å²) in [5.74, 6) is 0.930. The molecule has 21 heavy (non-hydrogen) atoms. The van der Waals surface area contributed by atoms with Gasteiger partial charge in [-0.05, 0) is 24.3 Å². The summed E-state index contributed by atoms with van der Waals surface area (Å²) < 4.78 is 6.85. The lowest BCUT2D eigenvalue weighted by Gasteiger charge is -2.34. The van der Waals surface area contributed by atoms with Crippen LogP contribution in [0.25, 0.3) is 0 Å². The van der Waals surface area contributed by atoms with Gasteiger partial charge in [0.1, 0.15) is 12.4 Å². The predicted molar refractivity (Wildman–Crippen MR) is 90.4 cm³/mol. The van der Waals surface area contributed by atoms with Gasteiger partial charge in [-0.2, -0.15) is 0 Å². The molecule has 0 amide bonds. The first-order valence-corrected chi connectivity index (χ1v) is 8.74. The van der Waals surface area contributed by atoms with E-state index in [-0.39, 0.29) is 0 Å². The lowest BCUT2D eigenvalue weighted by molar-refractivity contribution is 0.200. The molecule has 0 atom stereocenters. The smallest absolute Gasteiger partial charge is 0.185 e. The second-order valence-corrected chi connectivity index (χ2v) is 6.73. The molecule has 0 saturated carbocycles. The molecule has 112 valence electrons. The van der Waals surface area contributed by atoms with Crippen LogP contribution in [0.3, 0.4) is 0 Å².